The molecule has 0 aliphatic heterocycles. The maximum Gasteiger partial charge on any atom is 0.419 e. The quantitative estimate of drug-likeness (QED) is 0.548. The lowest BCUT2D eigenvalue weighted by atomic mass is 10.2. The molecular weight excluding hydrogens is 479 g/mol. The second-order valence-electron chi connectivity index (χ2n) is 9.61. The number of hydrogen-bond donors (Lipinski definition) is 1. The largest absolute Gasteiger partial charge is 0.443 e. The summed E-state index contributed by atoms with van der Waals surface area (Å²) >= 11 is 3.10. The van der Waals surface area contributed by atoms with Gasteiger partial charge in [-0.3, -0.25) is 4.57 Å². The van der Waals surface area contributed by atoms with E-state index in [0.717, 1.165) is 10.6 Å². The Morgan fingerprint density at radius 3 is 2.21 bits per heavy atom. The average molecular weight is 507 g/mol. The lowest BCUT2D eigenvalue weighted by Gasteiger charge is -2.36. The van der Waals surface area contributed by atoms with Crippen LogP contribution in [-0.4, -0.2) is 32.9 Å². The predicted octanol–water partition coefficient (Wildman–Crippen LogP) is 5.61. The van der Waals surface area contributed by atoms with Gasteiger partial charge in [0.2, 0.25) is 10.0 Å². The Hall–Kier alpha value is -1.23. The zero-order valence-electron chi connectivity index (χ0n) is 18.0. The summed E-state index contributed by atoms with van der Waals surface area (Å²) in [7, 11) is -6.41. The molecule has 0 fully saturated rings. The van der Waals surface area contributed by atoms with Crippen molar-refractivity contribution in [2.75, 3.05) is 0 Å². The van der Waals surface area contributed by atoms with Gasteiger partial charge in [-0.05, 0) is 53.9 Å². The van der Waals surface area contributed by atoms with Crippen LogP contribution < -0.4 is 4.39 Å². The van der Waals surface area contributed by atoms with Crippen LogP contribution in [-0.2, 0) is 14.8 Å². The zero-order valence-corrected chi connectivity index (χ0v) is 21.4. The van der Waals surface area contributed by atoms with Crippen molar-refractivity contribution in [1.82, 2.24) is 8.95 Å². The molecule has 0 atom stereocenters. The number of hydrogen-bond acceptors (Lipinski definition) is 4. The number of sulfonamides is 1. The van der Waals surface area contributed by atoms with E-state index in [4.69, 9.17) is 4.74 Å². The summed E-state index contributed by atoms with van der Waals surface area (Å²) < 4.78 is 50.1. The summed E-state index contributed by atoms with van der Waals surface area (Å²) in [5.41, 5.74) is -0.671. The molecule has 29 heavy (non-hydrogen) atoms. The number of nitrogens with zero attached hydrogens (tertiary/aromatic N) is 1. The van der Waals surface area contributed by atoms with E-state index in [9.17, 15) is 17.6 Å². The molecule has 0 saturated carbocycles. The molecule has 6 nitrogen and oxygen atoms in total. The molecule has 0 spiro atoms. The highest BCUT2D eigenvalue weighted by atomic mass is 79.9. The average Bonchev–Trinajstić information content (AvgIpc) is 2.83. The lowest BCUT2D eigenvalue weighted by molar-refractivity contribution is 0.0544. The SMILES string of the molecule is CC(C)(C)OC(=O)n1cc(S(=O)(=O)N[Si](C)(C)C(C)(C)C)c2cc(Br)c(F)cc21. The highest BCUT2D eigenvalue weighted by Gasteiger charge is 2.40. The Kier molecular flexibility index (Phi) is 6.19. The molecule has 0 aliphatic carbocycles. The van der Waals surface area contributed by atoms with E-state index in [0.29, 0.717) is 0 Å². The van der Waals surface area contributed by atoms with Crippen molar-refractivity contribution < 1.29 is 22.3 Å². The first-order chi connectivity index (χ1) is 12.9. The molecular formula is C19H28BrFN2O4SSi. The normalized spacial score (nSPS) is 13.7. The van der Waals surface area contributed by atoms with Crippen LogP contribution in [0.4, 0.5) is 9.18 Å². The van der Waals surface area contributed by atoms with E-state index in [-0.39, 0.29) is 25.3 Å². The van der Waals surface area contributed by atoms with Crippen molar-refractivity contribution in [1.29, 1.82) is 0 Å². The second kappa shape index (κ2) is 7.47. The summed E-state index contributed by atoms with van der Waals surface area (Å²) in [6, 6.07) is 2.49. The summed E-state index contributed by atoms with van der Waals surface area (Å²) in [6.45, 7) is 14.9. The van der Waals surface area contributed by atoms with Gasteiger partial charge in [-0.15, -0.1) is 0 Å². The molecule has 0 aliphatic rings. The van der Waals surface area contributed by atoms with Crippen molar-refractivity contribution in [2.45, 2.75) is 70.2 Å². The number of rotatable bonds is 3. The van der Waals surface area contributed by atoms with Gasteiger partial charge in [0.05, 0.1) is 9.99 Å². The summed E-state index contributed by atoms with van der Waals surface area (Å²) in [4.78, 5) is 12.6. The first-order valence-electron chi connectivity index (χ1n) is 9.13. The molecule has 2 rings (SSSR count). The molecule has 1 heterocycles. The van der Waals surface area contributed by atoms with Crippen LogP contribution >= 0.6 is 15.9 Å². The van der Waals surface area contributed by atoms with Crippen molar-refractivity contribution in [2.24, 2.45) is 0 Å². The molecule has 162 valence electrons. The van der Waals surface area contributed by atoms with Crippen LogP contribution in [0.3, 0.4) is 0 Å². The highest BCUT2D eigenvalue weighted by molar-refractivity contribution is 9.10. The minimum atomic E-state index is -3.97. The third kappa shape index (κ3) is 5.10. The first kappa shape index (κ1) is 24.0. The third-order valence-electron chi connectivity index (χ3n) is 4.95. The van der Waals surface area contributed by atoms with Crippen molar-refractivity contribution in [3.63, 3.8) is 0 Å². The van der Waals surface area contributed by atoms with Crippen molar-refractivity contribution in [3.8, 4) is 0 Å². The highest BCUT2D eigenvalue weighted by Crippen LogP contribution is 2.36. The van der Waals surface area contributed by atoms with Crippen LogP contribution in [0.25, 0.3) is 10.9 Å². The van der Waals surface area contributed by atoms with E-state index in [1.54, 1.807) is 20.8 Å². The number of ether oxygens (including phenoxy) is 1. The van der Waals surface area contributed by atoms with Gasteiger partial charge in [-0.25, -0.2) is 22.0 Å². The first-order valence-corrected chi connectivity index (χ1v) is 14.4. The zero-order chi connectivity index (χ0) is 22.6. The number of benzene rings is 1. The maximum absolute atomic E-state index is 14.2. The van der Waals surface area contributed by atoms with Gasteiger partial charge in [0.25, 0.3) is 0 Å². The second-order valence-corrected chi connectivity index (χ2v) is 17.5. The van der Waals surface area contributed by atoms with E-state index >= 15 is 0 Å². The van der Waals surface area contributed by atoms with Crippen LogP contribution in [0.2, 0.25) is 18.1 Å². The van der Waals surface area contributed by atoms with E-state index in [2.05, 4.69) is 20.3 Å². The van der Waals surface area contributed by atoms with E-state index < -0.39 is 35.8 Å². The molecule has 0 unspecified atom stereocenters. The van der Waals surface area contributed by atoms with Gasteiger partial charge in [0.15, 0.2) is 0 Å². The Morgan fingerprint density at radius 2 is 1.72 bits per heavy atom. The number of carbonyl (C=O) groups is 1. The number of nitrogens with one attached hydrogen (secondary N) is 1. The fourth-order valence-electron chi connectivity index (χ4n) is 2.41. The molecule has 1 N–H and O–H groups in total. The molecule has 1 aromatic heterocycles. The number of halogens is 2. The van der Waals surface area contributed by atoms with Gasteiger partial charge in [-0.1, -0.05) is 33.9 Å². The molecule has 0 amide bonds. The van der Waals surface area contributed by atoms with Crippen LogP contribution in [0.1, 0.15) is 41.5 Å². The Morgan fingerprint density at radius 1 is 1.17 bits per heavy atom. The number of fused-ring (bicyclic) bond motifs is 1. The molecule has 0 saturated heterocycles. The van der Waals surface area contributed by atoms with E-state index in [1.165, 1.54) is 12.3 Å². The summed E-state index contributed by atoms with van der Waals surface area (Å²) in [5, 5.41) is -0.00799. The van der Waals surface area contributed by atoms with Gasteiger partial charge >= 0.3 is 6.09 Å². The predicted molar refractivity (Wildman–Crippen MR) is 119 cm³/mol. The molecule has 10 heteroatoms. The molecule has 1 aromatic carbocycles. The molecule has 0 radical (unpaired) electrons. The molecule has 2 aromatic rings. The maximum atomic E-state index is 14.2. The molecule has 0 bridgehead atoms. The number of aromatic nitrogens is 1. The standard InChI is InChI=1S/C19H28BrFN2O4SSi/c1-18(2,3)27-17(24)23-11-16(12-9-13(20)14(21)10-15(12)23)28(25,26)22-29(7,8)19(4,5)6/h9-11,22H,1-8H3. The Labute approximate surface area is 181 Å². The smallest absolute Gasteiger partial charge is 0.419 e. The number of carbonyl (C=O) groups excluding carboxylic acids is 1. The fraction of sp³-hybridized carbons (Fsp3) is 0.526. The lowest BCUT2D eigenvalue weighted by Crippen LogP contribution is -2.54. The Balaban J connectivity index is 2.71. The van der Waals surface area contributed by atoms with E-state index in [1.807, 2.05) is 33.9 Å². The minimum Gasteiger partial charge on any atom is -0.443 e. The van der Waals surface area contributed by atoms with Crippen molar-refractivity contribution >= 4 is 51.2 Å². The van der Waals surface area contributed by atoms with Gasteiger partial charge in [0, 0.05) is 11.6 Å². The summed E-state index contributed by atoms with van der Waals surface area (Å²) in [5.74, 6) is -0.610. The minimum absolute atomic E-state index is 0.0936. The van der Waals surface area contributed by atoms with Crippen molar-refractivity contribution in [3.05, 3.63) is 28.6 Å². The van der Waals surface area contributed by atoms with Gasteiger partial charge < -0.3 is 4.74 Å². The fourth-order valence-corrected chi connectivity index (χ4v) is 7.80. The van der Waals surface area contributed by atoms with Crippen LogP contribution in [0.5, 0.6) is 0 Å². The van der Waals surface area contributed by atoms with Crippen LogP contribution in [0.15, 0.2) is 27.7 Å². The summed E-state index contributed by atoms with van der Waals surface area (Å²) in [6.07, 6.45) is 0.415. The van der Waals surface area contributed by atoms with Gasteiger partial charge in [-0.2, -0.15) is 0 Å². The third-order valence-corrected chi connectivity index (χ3v) is 13.3. The topological polar surface area (TPSA) is 77.4 Å². The van der Waals surface area contributed by atoms with Gasteiger partial charge in [0.1, 0.15) is 24.5 Å². The Bertz CT molecular complexity index is 1070. The monoisotopic (exact) mass is 506 g/mol. The van der Waals surface area contributed by atoms with Crippen LogP contribution in [0, 0.1) is 5.82 Å².